The molecule has 2 aromatic heterocycles. The molecule has 0 atom stereocenters. The maximum atomic E-state index is 5.06. The van der Waals surface area contributed by atoms with Crippen molar-refractivity contribution in [2.75, 3.05) is 24.2 Å². The minimum absolute atomic E-state index is 0.631. The second kappa shape index (κ2) is 6.83. The fourth-order valence-electron chi connectivity index (χ4n) is 1.79. The van der Waals surface area contributed by atoms with Crippen LogP contribution in [0.1, 0.15) is 30.9 Å². The monoisotopic (exact) mass is 276 g/mol. The summed E-state index contributed by atoms with van der Waals surface area (Å²) < 4.78 is 5.06. The molecule has 0 aliphatic heterocycles. The van der Waals surface area contributed by atoms with E-state index in [1.165, 1.54) is 0 Å². The van der Waals surface area contributed by atoms with Crippen molar-refractivity contribution in [3.63, 3.8) is 0 Å². The normalized spacial score (nSPS) is 10.6. The maximum absolute atomic E-state index is 5.06. The van der Waals surface area contributed by atoms with E-state index in [0.717, 1.165) is 30.3 Å². The Morgan fingerprint density at radius 1 is 1.15 bits per heavy atom. The Kier molecular flexibility index (Phi) is 4.86. The van der Waals surface area contributed by atoms with Gasteiger partial charge in [0, 0.05) is 32.5 Å². The van der Waals surface area contributed by atoms with Crippen molar-refractivity contribution in [3.8, 4) is 0 Å². The number of hydrogen-bond donors (Lipinski definition) is 2. The topological polar surface area (TPSA) is 88.8 Å². The van der Waals surface area contributed by atoms with Crippen LogP contribution in [0.3, 0.4) is 0 Å². The van der Waals surface area contributed by atoms with Crippen LogP contribution in [0.4, 0.5) is 11.6 Å². The Hall–Kier alpha value is -2.18. The molecule has 2 aromatic rings. The zero-order valence-electron chi connectivity index (χ0n) is 12.1. The summed E-state index contributed by atoms with van der Waals surface area (Å²) in [7, 11) is 1.85. The predicted molar refractivity (Wildman–Crippen MR) is 76.8 cm³/mol. The van der Waals surface area contributed by atoms with E-state index < -0.39 is 0 Å². The van der Waals surface area contributed by atoms with Gasteiger partial charge in [-0.15, -0.1) is 0 Å². The Bertz CT molecular complexity index is 554. The third-order valence-corrected chi connectivity index (χ3v) is 2.72. The van der Waals surface area contributed by atoms with Crippen LogP contribution in [-0.4, -0.2) is 33.7 Å². The standard InChI is InChI=1S/C13H20N6O/c1-4-5-10-17-11(14-3)8-12(18-10)15-7-6-13-16-9(2)19-20-13/h8H,4-7H2,1-3H3,(H2,14,15,17,18). The molecule has 7 heteroatoms. The van der Waals surface area contributed by atoms with E-state index in [-0.39, 0.29) is 0 Å². The highest BCUT2D eigenvalue weighted by Gasteiger charge is 2.05. The molecule has 20 heavy (non-hydrogen) atoms. The highest BCUT2D eigenvalue weighted by atomic mass is 16.5. The lowest BCUT2D eigenvalue weighted by Crippen LogP contribution is -2.09. The molecule has 0 aliphatic rings. The summed E-state index contributed by atoms with van der Waals surface area (Å²) in [5.74, 6) is 3.76. The van der Waals surface area contributed by atoms with Crippen LogP contribution in [0, 0.1) is 6.92 Å². The number of aromatic nitrogens is 4. The largest absolute Gasteiger partial charge is 0.373 e. The van der Waals surface area contributed by atoms with E-state index in [1.807, 2.05) is 13.1 Å². The van der Waals surface area contributed by atoms with Gasteiger partial charge in [0.15, 0.2) is 5.82 Å². The maximum Gasteiger partial charge on any atom is 0.228 e. The highest BCUT2D eigenvalue weighted by Crippen LogP contribution is 2.12. The van der Waals surface area contributed by atoms with Crippen molar-refractivity contribution in [2.24, 2.45) is 0 Å². The van der Waals surface area contributed by atoms with Crippen molar-refractivity contribution >= 4 is 11.6 Å². The van der Waals surface area contributed by atoms with Crippen LogP contribution in [0.5, 0.6) is 0 Å². The van der Waals surface area contributed by atoms with Gasteiger partial charge in [0.2, 0.25) is 5.89 Å². The summed E-state index contributed by atoms with van der Waals surface area (Å²) in [5, 5.41) is 10.1. The van der Waals surface area contributed by atoms with E-state index in [0.29, 0.717) is 24.7 Å². The summed E-state index contributed by atoms with van der Waals surface area (Å²) >= 11 is 0. The van der Waals surface area contributed by atoms with Crippen LogP contribution in [0.15, 0.2) is 10.6 Å². The molecule has 0 spiro atoms. The first-order chi connectivity index (χ1) is 9.71. The Morgan fingerprint density at radius 2 is 1.95 bits per heavy atom. The van der Waals surface area contributed by atoms with Crippen molar-refractivity contribution in [2.45, 2.75) is 33.1 Å². The summed E-state index contributed by atoms with van der Waals surface area (Å²) in [6.07, 6.45) is 2.56. The molecule has 0 saturated carbocycles. The first-order valence-electron chi connectivity index (χ1n) is 6.80. The molecular formula is C13H20N6O. The minimum Gasteiger partial charge on any atom is -0.373 e. The Labute approximate surface area is 118 Å². The van der Waals surface area contributed by atoms with Gasteiger partial charge in [-0.2, -0.15) is 4.98 Å². The number of nitrogens with zero attached hydrogens (tertiary/aromatic N) is 4. The fraction of sp³-hybridized carbons (Fsp3) is 0.538. The van der Waals surface area contributed by atoms with Gasteiger partial charge in [0.25, 0.3) is 0 Å². The lowest BCUT2D eigenvalue weighted by Gasteiger charge is -2.08. The summed E-state index contributed by atoms with van der Waals surface area (Å²) in [4.78, 5) is 13.0. The third kappa shape index (κ3) is 3.91. The lowest BCUT2D eigenvalue weighted by atomic mass is 10.3. The van der Waals surface area contributed by atoms with Gasteiger partial charge in [-0.1, -0.05) is 12.1 Å². The molecule has 2 N–H and O–H groups in total. The lowest BCUT2D eigenvalue weighted by molar-refractivity contribution is 0.377. The van der Waals surface area contributed by atoms with Crippen LogP contribution >= 0.6 is 0 Å². The number of hydrogen-bond acceptors (Lipinski definition) is 7. The van der Waals surface area contributed by atoms with Crippen LogP contribution < -0.4 is 10.6 Å². The third-order valence-electron chi connectivity index (χ3n) is 2.72. The molecule has 0 amide bonds. The fourth-order valence-corrected chi connectivity index (χ4v) is 1.79. The number of rotatable bonds is 7. The van der Waals surface area contributed by atoms with Crippen molar-refractivity contribution in [1.82, 2.24) is 20.1 Å². The Balaban J connectivity index is 1.95. The molecule has 0 radical (unpaired) electrons. The average molecular weight is 276 g/mol. The zero-order chi connectivity index (χ0) is 14.4. The Morgan fingerprint density at radius 3 is 2.60 bits per heavy atom. The van der Waals surface area contributed by atoms with E-state index in [4.69, 9.17) is 4.52 Å². The quantitative estimate of drug-likeness (QED) is 0.797. The molecule has 0 saturated heterocycles. The van der Waals surface area contributed by atoms with Crippen LogP contribution in [0.2, 0.25) is 0 Å². The van der Waals surface area contributed by atoms with Gasteiger partial charge in [-0.3, -0.25) is 0 Å². The molecule has 0 aromatic carbocycles. The van der Waals surface area contributed by atoms with Gasteiger partial charge in [0.05, 0.1) is 0 Å². The average Bonchev–Trinajstić information content (AvgIpc) is 2.84. The summed E-state index contributed by atoms with van der Waals surface area (Å²) in [6, 6.07) is 1.89. The predicted octanol–water partition coefficient (Wildman–Crippen LogP) is 1.82. The second-order valence-corrected chi connectivity index (χ2v) is 4.47. The van der Waals surface area contributed by atoms with Crippen molar-refractivity contribution < 1.29 is 4.52 Å². The van der Waals surface area contributed by atoms with Crippen LogP contribution in [-0.2, 0) is 12.8 Å². The van der Waals surface area contributed by atoms with Crippen molar-refractivity contribution in [3.05, 3.63) is 23.6 Å². The van der Waals surface area contributed by atoms with Gasteiger partial charge < -0.3 is 15.2 Å². The smallest absolute Gasteiger partial charge is 0.228 e. The first-order valence-corrected chi connectivity index (χ1v) is 6.80. The molecule has 2 rings (SSSR count). The minimum atomic E-state index is 0.631. The molecule has 0 aliphatic carbocycles. The van der Waals surface area contributed by atoms with E-state index in [9.17, 15) is 0 Å². The number of nitrogens with one attached hydrogen (secondary N) is 2. The van der Waals surface area contributed by atoms with Gasteiger partial charge in [-0.25, -0.2) is 9.97 Å². The van der Waals surface area contributed by atoms with E-state index in [1.54, 1.807) is 6.92 Å². The molecule has 0 unspecified atom stereocenters. The molecule has 7 nitrogen and oxygen atoms in total. The first kappa shape index (κ1) is 14.2. The second-order valence-electron chi connectivity index (χ2n) is 4.47. The van der Waals surface area contributed by atoms with Gasteiger partial charge in [-0.05, 0) is 13.3 Å². The van der Waals surface area contributed by atoms with Crippen molar-refractivity contribution in [1.29, 1.82) is 0 Å². The molecule has 0 bridgehead atoms. The highest BCUT2D eigenvalue weighted by molar-refractivity contribution is 5.47. The summed E-state index contributed by atoms with van der Waals surface area (Å²) in [5.41, 5.74) is 0. The molecule has 2 heterocycles. The SMILES string of the molecule is CCCc1nc(NC)cc(NCCc2nc(C)no2)n1. The summed E-state index contributed by atoms with van der Waals surface area (Å²) in [6.45, 7) is 4.61. The molecule has 108 valence electrons. The van der Waals surface area contributed by atoms with Crippen LogP contribution in [0.25, 0.3) is 0 Å². The number of anilines is 2. The van der Waals surface area contributed by atoms with E-state index in [2.05, 4.69) is 37.7 Å². The molecule has 0 fully saturated rings. The van der Waals surface area contributed by atoms with E-state index >= 15 is 0 Å². The van der Waals surface area contributed by atoms with Gasteiger partial charge in [0.1, 0.15) is 17.5 Å². The zero-order valence-corrected chi connectivity index (χ0v) is 12.1. The van der Waals surface area contributed by atoms with Gasteiger partial charge >= 0.3 is 0 Å². The molecular weight excluding hydrogens is 256 g/mol. The number of aryl methyl sites for hydroxylation is 2.